The Labute approximate surface area is 173 Å². The van der Waals surface area contributed by atoms with Gasteiger partial charge in [0.25, 0.3) is 0 Å². The summed E-state index contributed by atoms with van der Waals surface area (Å²) in [7, 11) is -0.0165. The number of hydrogen-bond acceptors (Lipinski definition) is 4. The lowest BCUT2D eigenvalue weighted by atomic mass is 10.1. The highest BCUT2D eigenvalue weighted by atomic mass is 127. The molecule has 0 aromatic heterocycles. The summed E-state index contributed by atoms with van der Waals surface area (Å²) in [5, 5.41) is 3.29. The predicted molar refractivity (Wildman–Crippen MR) is 114 cm³/mol. The Kier molecular flexibility index (Phi) is 9.83. The average molecular weight is 496 g/mol. The van der Waals surface area contributed by atoms with Crippen molar-refractivity contribution < 1.29 is 13.2 Å². The highest BCUT2D eigenvalue weighted by Crippen LogP contribution is 2.14. The summed E-state index contributed by atoms with van der Waals surface area (Å²) < 4.78 is 31.6. The van der Waals surface area contributed by atoms with E-state index in [1.807, 2.05) is 20.0 Å². The molecule has 7 nitrogen and oxygen atoms in total. The van der Waals surface area contributed by atoms with Gasteiger partial charge in [0.15, 0.2) is 5.96 Å². The third kappa shape index (κ3) is 6.67. The van der Waals surface area contributed by atoms with E-state index in [1.54, 1.807) is 18.2 Å². The van der Waals surface area contributed by atoms with Crippen LogP contribution in [0, 0.1) is 5.92 Å². The highest BCUT2D eigenvalue weighted by Gasteiger charge is 2.19. The van der Waals surface area contributed by atoms with Crippen LogP contribution in [0.2, 0.25) is 0 Å². The fourth-order valence-corrected chi connectivity index (χ4v) is 3.57. The molecule has 1 aliphatic heterocycles. The second kappa shape index (κ2) is 11.1. The SMILES string of the molecule is CCNC(=NCc1cccc(S(=O)(=O)NC)c1)N(C)CC1CCOC1.I. The van der Waals surface area contributed by atoms with Gasteiger partial charge in [0.1, 0.15) is 0 Å². The Bertz CT molecular complexity index is 691. The van der Waals surface area contributed by atoms with E-state index in [-0.39, 0.29) is 28.9 Å². The molecule has 1 saturated heterocycles. The highest BCUT2D eigenvalue weighted by molar-refractivity contribution is 14.0. The number of sulfonamides is 1. The molecular weight excluding hydrogens is 467 g/mol. The smallest absolute Gasteiger partial charge is 0.240 e. The van der Waals surface area contributed by atoms with Crippen LogP contribution in [0.15, 0.2) is 34.2 Å². The first-order valence-electron chi connectivity index (χ1n) is 8.56. The maximum absolute atomic E-state index is 11.9. The quantitative estimate of drug-likeness (QED) is 0.341. The van der Waals surface area contributed by atoms with Crippen molar-refractivity contribution in [1.29, 1.82) is 0 Å². The van der Waals surface area contributed by atoms with Crippen molar-refractivity contribution in [1.82, 2.24) is 14.9 Å². The number of benzene rings is 1. The molecule has 26 heavy (non-hydrogen) atoms. The van der Waals surface area contributed by atoms with Crippen LogP contribution in [-0.4, -0.2) is 59.7 Å². The van der Waals surface area contributed by atoms with Crippen LogP contribution >= 0.6 is 24.0 Å². The van der Waals surface area contributed by atoms with Gasteiger partial charge in [0.2, 0.25) is 10.0 Å². The largest absolute Gasteiger partial charge is 0.381 e. The van der Waals surface area contributed by atoms with Gasteiger partial charge in [-0.3, -0.25) is 0 Å². The van der Waals surface area contributed by atoms with Crippen LogP contribution in [-0.2, 0) is 21.3 Å². The first-order valence-corrected chi connectivity index (χ1v) is 10.0. The summed E-state index contributed by atoms with van der Waals surface area (Å²) in [5.41, 5.74) is 0.851. The molecule has 0 radical (unpaired) electrons. The second-order valence-electron chi connectivity index (χ2n) is 6.14. The number of ether oxygens (including phenoxy) is 1. The van der Waals surface area contributed by atoms with Gasteiger partial charge in [-0.2, -0.15) is 0 Å². The maximum Gasteiger partial charge on any atom is 0.240 e. The standard InChI is InChI=1S/C17H28N4O3S.HI/c1-4-19-17(21(3)12-15-8-9-24-13-15)20-11-14-6-5-7-16(10-14)25(22,23)18-2;/h5-7,10,15,18H,4,8-9,11-13H2,1-3H3,(H,19,20);1H. The monoisotopic (exact) mass is 496 g/mol. The molecule has 148 valence electrons. The van der Waals surface area contributed by atoms with Crippen molar-refractivity contribution in [2.75, 3.05) is 40.4 Å². The first kappa shape index (κ1) is 23.1. The molecule has 9 heteroatoms. The molecule has 1 fully saturated rings. The molecule has 0 amide bonds. The lowest BCUT2D eigenvalue weighted by molar-refractivity contribution is 0.181. The fourth-order valence-electron chi connectivity index (χ4n) is 2.77. The van der Waals surface area contributed by atoms with E-state index in [0.29, 0.717) is 12.5 Å². The van der Waals surface area contributed by atoms with Crippen molar-refractivity contribution in [3.05, 3.63) is 29.8 Å². The van der Waals surface area contributed by atoms with Crippen molar-refractivity contribution in [2.45, 2.75) is 24.8 Å². The van der Waals surface area contributed by atoms with Crippen molar-refractivity contribution in [3.63, 3.8) is 0 Å². The van der Waals surface area contributed by atoms with E-state index < -0.39 is 10.0 Å². The summed E-state index contributed by atoms with van der Waals surface area (Å²) in [6, 6.07) is 6.86. The Morgan fingerprint density at radius 1 is 1.42 bits per heavy atom. The number of guanidine groups is 1. The van der Waals surface area contributed by atoms with E-state index in [1.165, 1.54) is 7.05 Å². The van der Waals surface area contributed by atoms with E-state index in [2.05, 4.69) is 19.9 Å². The molecule has 2 N–H and O–H groups in total. The average Bonchev–Trinajstić information content (AvgIpc) is 3.11. The normalized spacial score (nSPS) is 17.7. The zero-order valence-corrected chi connectivity index (χ0v) is 18.7. The summed E-state index contributed by atoms with van der Waals surface area (Å²) in [6.07, 6.45) is 1.08. The Hall–Kier alpha value is -0.910. The van der Waals surface area contributed by atoms with Crippen LogP contribution in [0.1, 0.15) is 18.9 Å². The van der Waals surface area contributed by atoms with Crippen LogP contribution in [0.3, 0.4) is 0 Å². The number of hydrogen-bond donors (Lipinski definition) is 2. The van der Waals surface area contributed by atoms with Gasteiger partial charge in [0.05, 0.1) is 18.0 Å². The molecule has 1 aromatic rings. The van der Waals surface area contributed by atoms with Gasteiger partial charge in [-0.05, 0) is 38.1 Å². The van der Waals surface area contributed by atoms with Crippen LogP contribution in [0.25, 0.3) is 0 Å². The zero-order valence-electron chi connectivity index (χ0n) is 15.6. The van der Waals surface area contributed by atoms with Crippen LogP contribution in [0.5, 0.6) is 0 Å². The molecule has 1 heterocycles. The minimum Gasteiger partial charge on any atom is -0.381 e. The third-order valence-corrected chi connectivity index (χ3v) is 5.55. The lowest BCUT2D eigenvalue weighted by Crippen LogP contribution is -2.41. The first-order chi connectivity index (χ1) is 12.0. The number of aliphatic imine (C=N–C) groups is 1. The van der Waals surface area contributed by atoms with Gasteiger partial charge in [-0.15, -0.1) is 24.0 Å². The second-order valence-corrected chi connectivity index (χ2v) is 8.02. The topological polar surface area (TPSA) is 83.0 Å². The molecule has 1 atom stereocenters. The molecule has 0 saturated carbocycles. The Balaban J connectivity index is 0.00000338. The number of halogens is 1. The maximum atomic E-state index is 11.9. The van der Waals surface area contributed by atoms with Gasteiger partial charge >= 0.3 is 0 Å². The van der Waals surface area contributed by atoms with E-state index in [9.17, 15) is 8.42 Å². The molecule has 1 unspecified atom stereocenters. The minimum absolute atomic E-state index is 0. The van der Waals surface area contributed by atoms with Gasteiger partial charge < -0.3 is 15.0 Å². The molecule has 0 bridgehead atoms. The summed E-state index contributed by atoms with van der Waals surface area (Å²) in [4.78, 5) is 7.01. The van der Waals surface area contributed by atoms with Crippen molar-refractivity contribution in [2.24, 2.45) is 10.9 Å². The van der Waals surface area contributed by atoms with E-state index in [4.69, 9.17) is 4.74 Å². The van der Waals surface area contributed by atoms with Gasteiger partial charge in [-0.25, -0.2) is 18.1 Å². The molecule has 0 spiro atoms. The predicted octanol–water partition coefficient (Wildman–Crippen LogP) is 1.65. The molecule has 0 aliphatic carbocycles. The Morgan fingerprint density at radius 2 is 2.19 bits per heavy atom. The number of nitrogens with one attached hydrogen (secondary N) is 2. The number of nitrogens with zero attached hydrogens (tertiary/aromatic N) is 2. The van der Waals surface area contributed by atoms with Gasteiger partial charge in [-0.1, -0.05) is 12.1 Å². The minimum atomic E-state index is -3.44. The van der Waals surface area contributed by atoms with Crippen LogP contribution in [0.4, 0.5) is 0 Å². The van der Waals surface area contributed by atoms with Crippen molar-refractivity contribution >= 4 is 40.0 Å². The zero-order chi connectivity index (χ0) is 18.3. The molecule has 1 aromatic carbocycles. The molecule has 2 rings (SSSR count). The fraction of sp³-hybridized carbons (Fsp3) is 0.588. The van der Waals surface area contributed by atoms with Crippen LogP contribution < -0.4 is 10.0 Å². The summed E-state index contributed by atoms with van der Waals surface area (Å²) >= 11 is 0. The van der Waals surface area contributed by atoms with E-state index in [0.717, 1.165) is 44.2 Å². The Morgan fingerprint density at radius 3 is 2.81 bits per heavy atom. The molecular formula is C17H29IN4O3S. The van der Waals surface area contributed by atoms with E-state index >= 15 is 0 Å². The molecule has 1 aliphatic rings. The van der Waals surface area contributed by atoms with Crippen molar-refractivity contribution in [3.8, 4) is 0 Å². The third-order valence-electron chi connectivity index (χ3n) is 4.14. The summed E-state index contributed by atoms with van der Waals surface area (Å²) in [5.74, 6) is 1.34. The lowest BCUT2D eigenvalue weighted by Gasteiger charge is -2.24. The van der Waals surface area contributed by atoms with Gasteiger partial charge in [0, 0.05) is 32.7 Å². The summed E-state index contributed by atoms with van der Waals surface area (Å²) in [6.45, 7) is 5.74. The number of rotatable bonds is 7.